The molecule has 2 rings (SSSR count). The molecule has 4 nitrogen and oxygen atoms in total. The second kappa shape index (κ2) is 6.83. The molecular formula is C15H19F2NO3S. The minimum absolute atomic E-state index is 0.0319. The molecule has 1 atom stereocenters. The summed E-state index contributed by atoms with van der Waals surface area (Å²) >= 11 is 0. The summed E-state index contributed by atoms with van der Waals surface area (Å²) in [6.07, 6.45) is 3.23. The zero-order chi connectivity index (χ0) is 16.3. The first-order valence-corrected chi connectivity index (χ1v) is 9.01. The van der Waals surface area contributed by atoms with Gasteiger partial charge in [-0.1, -0.05) is 0 Å². The quantitative estimate of drug-likeness (QED) is 0.778. The molecule has 0 N–H and O–H groups in total. The van der Waals surface area contributed by atoms with Gasteiger partial charge in [-0.25, -0.2) is 21.5 Å². The van der Waals surface area contributed by atoms with Gasteiger partial charge in [0.25, 0.3) is 0 Å². The highest BCUT2D eigenvalue weighted by atomic mass is 32.2. The Bertz CT molecular complexity index is 620. The highest BCUT2D eigenvalue weighted by molar-refractivity contribution is 7.88. The summed E-state index contributed by atoms with van der Waals surface area (Å²) in [5.74, 6) is -1.59. The minimum Gasteiger partial charge on any atom is -0.303 e. The molecule has 1 unspecified atom stereocenters. The van der Waals surface area contributed by atoms with Gasteiger partial charge in [-0.05, 0) is 42.4 Å². The smallest absolute Gasteiger partial charge is 0.211 e. The molecule has 122 valence electrons. The number of nitrogens with zero attached hydrogens (tertiary/aromatic N) is 1. The number of hydrogen-bond donors (Lipinski definition) is 0. The predicted octanol–water partition coefficient (Wildman–Crippen LogP) is 2.31. The molecule has 22 heavy (non-hydrogen) atoms. The van der Waals surface area contributed by atoms with Crippen molar-refractivity contribution in [3.8, 4) is 0 Å². The number of carbonyl (C=O) groups is 1. The summed E-state index contributed by atoms with van der Waals surface area (Å²) in [7, 11) is -3.22. The maximum atomic E-state index is 13.4. The molecule has 1 fully saturated rings. The number of rotatable bonds is 5. The van der Waals surface area contributed by atoms with Crippen LogP contribution in [0.4, 0.5) is 8.78 Å². The van der Waals surface area contributed by atoms with Gasteiger partial charge in [-0.15, -0.1) is 0 Å². The molecule has 1 aliphatic heterocycles. The Hall–Kier alpha value is -1.34. The summed E-state index contributed by atoms with van der Waals surface area (Å²) in [5.41, 5.74) is 0.461. The van der Waals surface area contributed by atoms with E-state index in [9.17, 15) is 22.0 Å². The van der Waals surface area contributed by atoms with Crippen molar-refractivity contribution in [1.29, 1.82) is 0 Å². The van der Waals surface area contributed by atoms with Gasteiger partial charge in [0.15, 0.2) is 0 Å². The van der Waals surface area contributed by atoms with E-state index >= 15 is 0 Å². The molecule has 0 bridgehead atoms. The SMILES string of the molecule is CS(=O)(=O)N1CCC(C(CC=O)c2cc(F)cc(F)c2)CC1. The number of piperidine rings is 1. The topological polar surface area (TPSA) is 54.5 Å². The average Bonchev–Trinajstić information content (AvgIpc) is 2.43. The summed E-state index contributed by atoms with van der Waals surface area (Å²) in [4.78, 5) is 10.9. The van der Waals surface area contributed by atoms with E-state index < -0.39 is 21.7 Å². The van der Waals surface area contributed by atoms with E-state index in [1.165, 1.54) is 16.4 Å². The van der Waals surface area contributed by atoms with Crippen LogP contribution in [0.3, 0.4) is 0 Å². The first-order valence-electron chi connectivity index (χ1n) is 7.16. The number of benzene rings is 1. The van der Waals surface area contributed by atoms with Gasteiger partial charge in [0.1, 0.15) is 17.9 Å². The molecule has 1 heterocycles. The van der Waals surface area contributed by atoms with Gasteiger partial charge in [-0.3, -0.25) is 0 Å². The Morgan fingerprint density at radius 2 is 1.77 bits per heavy atom. The maximum absolute atomic E-state index is 13.4. The molecule has 0 radical (unpaired) electrons. The third-order valence-corrected chi connectivity index (χ3v) is 5.50. The normalized spacial score (nSPS) is 19.0. The third kappa shape index (κ3) is 4.10. The van der Waals surface area contributed by atoms with Crippen molar-refractivity contribution in [2.75, 3.05) is 19.3 Å². The molecule has 0 aliphatic carbocycles. The van der Waals surface area contributed by atoms with E-state index in [4.69, 9.17) is 0 Å². The lowest BCUT2D eigenvalue weighted by atomic mass is 9.79. The molecule has 0 saturated carbocycles. The van der Waals surface area contributed by atoms with Crippen LogP contribution >= 0.6 is 0 Å². The molecule has 1 saturated heterocycles. The van der Waals surface area contributed by atoms with E-state index in [0.29, 0.717) is 31.5 Å². The van der Waals surface area contributed by atoms with Gasteiger partial charge < -0.3 is 4.79 Å². The Kier molecular flexibility index (Phi) is 5.28. The molecular weight excluding hydrogens is 312 g/mol. The van der Waals surface area contributed by atoms with E-state index in [-0.39, 0.29) is 18.3 Å². The van der Waals surface area contributed by atoms with Crippen molar-refractivity contribution in [3.05, 3.63) is 35.4 Å². The van der Waals surface area contributed by atoms with Crippen LogP contribution in [0, 0.1) is 17.6 Å². The first-order chi connectivity index (χ1) is 10.3. The molecule has 1 aliphatic rings. The van der Waals surface area contributed by atoms with E-state index in [2.05, 4.69) is 0 Å². The van der Waals surface area contributed by atoms with Gasteiger partial charge in [-0.2, -0.15) is 0 Å². The average molecular weight is 331 g/mol. The highest BCUT2D eigenvalue weighted by Gasteiger charge is 2.30. The van der Waals surface area contributed by atoms with Crippen LogP contribution in [-0.4, -0.2) is 38.4 Å². The van der Waals surface area contributed by atoms with Gasteiger partial charge in [0, 0.05) is 25.6 Å². The third-order valence-electron chi connectivity index (χ3n) is 4.20. The predicted molar refractivity (Wildman–Crippen MR) is 78.9 cm³/mol. The van der Waals surface area contributed by atoms with Crippen molar-refractivity contribution >= 4 is 16.3 Å². The Labute approximate surface area is 129 Å². The largest absolute Gasteiger partial charge is 0.303 e. The number of carbonyl (C=O) groups excluding carboxylic acids is 1. The maximum Gasteiger partial charge on any atom is 0.211 e. The fourth-order valence-corrected chi connectivity index (χ4v) is 3.98. The lowest BCUT2D eigenvalue weighted by molar-refractivity contribution is -0.108. The molecule has 1 aromatic carbocycles. The zero-order valence-electron chi connectivity index (χ0n) is 12.3. The van der Waals surface area contributed by atoms with Crippen LogP contribution in [0.25, 0.3) is 0 Å². The fraction of sp³-hybridized carbons (Fsp3) is 0.533. The van der Waals surface area contributed by atoms with Crippen LogP contribution in [0.5, 0.6) is 0 Å². The van der Waals surface area contributed by atoms with E-state index in [1.807, 2.05) is 0 Å². The van der Waals surface area contributed by atoms with Gasteiger partial charge in [0.2, 0.25) is 10.0 Å². The zero-order valence-corrected chi connectivity index (χ0v) is 13.2. The molecule has 0 spiro atoms. The summed E-state index contributed by atoms with van der Waals surface area (Å²) < 4.78 is 51.2. The van der Waals surface area contributed by atoms with Crippen molar-refractivity contribution in [2.45, 2.75) is 25.2 Å². The molecule has 1 aromatic rings. The van der Waals surface area contributed by atoms with Crippen LogP contribution in [0.2, 0.25) is 0 Å². The Balaban J connectivity index is 2.17. The first kappa shape index (κ1) is 17.0. The molecule has 0 amide bonds. The Morgan fingerprint density at radius 1 is 1.23 bits per heavy atom. The number of aldehydes is 1. The second-order valence-corrected chi connectivity index (χ2v) is 7.69. The van der Waals surface area contributed by atoms with E-state index in [1.54, 1.807) is 0 Å². The monoisotopic (exact) mass is 331 g/mol. The Morgan fingerprint density at radius 3 is 2.23 bits per heavy atom. The number of sulfonamides is 1. The van der Waals surface area contributed by atoms with Gasteiger partial charge >= 0.3 is 0 Å². The summed E-state index contributed by atoms with van der Waals surface area (Å²) in [6.45, 7) is 0.743. The van der Waals surface area contributed by atoms with Crippen LogP contribution in [-0.2, 0) is 14.8 Å². The number of hydrogen-bond acceptors (Lipinski definition) is 3. The van der Waals surface area contributed by atoms with Crippen molar-refractivity contribution in [2.24, 2.45) is 5.92 Å². The van der Waals surface area contributed by atoms with Crippen molar-refractivity contribution in [1.82, 2.24) is 4.31 Å². The summed E-state index contributed by atoms with van der Waals surface area (Å²) in [6, 6.07) is 3.30. The summed E-state index contributed by atoms with van der Waals surface area (Å²) in [5, 5.41) is 0. The van der Waals surface area contributed by atoms with E-state index in [0.717, 1.165) is 18.6 Å². The van der Waals surface area contributed by atoms with Crippen LogP contribution < -0.4 is 0 Å². The van der Waals surface area contributed by atoms with Crippen molar-refractivity contribution < 1.29 is 22.0 Å². The second-order valence-electron chi connectivity index (χ2n) is 5.71. The lowest BCUT2D eigenvalue weighted by Crippen LogP contribution is -2.39. The highest BCUT2D eigenvalue weighted by Crippen LogP contribution is 2.35. The fourth-order valence-electron chi connectivity index (χ4n) is 3.10. The van der Waals surface area contributed by atoms with Crippen LogP contribution in [0.15, 0.2) is 18.2 Å². The molecule has 0 aromatic heterocycles. The standard InChI is InChI=1S/C15H19F2NO3S/c1-22(20,21)18-5-2-11(3-6-18)15(4-7-19)12-8-13(16)10-14(17)9-12/h7-11,15H,2-6H2,1H3. The minimum atomic E-state index is -3.22. The molecule has 7 heteroatoms. The number of halogens is 2. The van der Waals surface area contributed by atoms with Gasteiger partial charge in [0.05, 0.1) is 6.26 Å². The van der Waals surface area contributed by atoms with Crippen LogP contribution in [0.1, 0.15) is 30.7 Å². The van der Waals surface area contributed by atoms with Crippen molar-refractivity contribution in [3.63, 3.8) is 0 Å². The lowest BCUT2D eigenvalue weighted by Gasteiger charge is -2.34.